The van der Waals surface area contributed by atoms with Crippen molar-refractivity contribution >= 4 is 24.1 Å². The average molecular weight is 302 g/mol. The normalized spacial score (nSPS) is 10.8. The van der Waals surface area contributed by atoms with Crippen LogP contribution in [0.5, 0.6) is 11.6 Å². The van der Waals surface area contributed by atoms with Crippen LogP contribution in [-0.4, -0.2) is 19.5 Å². The molecule has 18 heavy (non-hydrogen) atoms. The summed E-state index contributed by atoms with van der Waals surface area (Å²) in [7, 11) is 0. The minimum absolute atomic E-state index is 0.429. The molecule has 3 heteroatoms. The van der Waals surface area contributed by atoms with Crippen molar-refractivity contribution in [3.05, 3.63) is 52.6 Å². The van der Waals surface area contributed by atoms with Gasteiger partial charge in [-0.05, 0) is 0 Å². The van der Waals surface area contributed by atoms with Crippen LogP contribution in [0.1, 0.15) is 11.1 Å². The van der Waals surface area contributed by atoms with Crippen molar-refractivity contribution in [1.82, 2.24) is 4.98 Å². The summed E-state index contributed by atoms with van der Waals surface area (Å²) in [5.41, 5.74) is 2.41. The Balaban J connectivity index is 2.03. The Bertz CT molecular complexity index is 682. The number of hydrogen-bond donors (Lipinski definition) is 0. The van der Waals surface area contributed by atoms with E-state index in [1.54, 1.807) is 0 Å². The number of aromatic nitrogens is 1. The van der Waals surface area contributed by atoms with Crippen molar-refractivity contribution in [3.63, 3.8) is 0 Å². The van der Waals surface area contributed by atoms with Gasteiger partial charge in [0.1, 0.15) is 0 Å². The van der Waals surface area contributed by atoms with E-state index in [2.05, 4.69) is 42.0 Å². The predicted octanol–water partition coefficient (Wildman–Crippen LogP) is 3.70. The SMILES string of the molecule is Cc1cc(C)cc(Oc2nccc3[se]ccc23)c1. The fourth-order valence-electron chi connectivity index (χ4n) is 2.05. The third-order valence-electron chi connectivity index (χ3n) is 2.75. The summed E-state index contributed by atoms with van der Waals surface area (Å²) in [4.78, 5) is 6.54. The van der Waals surface area contributed by atoms with Gasteiger partial charge in [0, 0.05) is 0 Å². The van der Waals surface area contributed by atoms with Gasteiger partial charge < -0.3 is 0 Å². The van der Waals surface area contributed by atoms with Crippen LogP contribution in [0.15, 0.2) is 41.5 Å². The summed E-state index contributed by atoms with van der Waals surface area (Å²) >= 11 is 0.429. The Morgan fingerprint density at radius 2 is 1.83 bits per heavy atom. The molecule has 2 heterocycles. The van der Waals surface area contributed by atoms with E-state index in [-0.39, 0.29) is 0 Å². The minimum atomic E-state index is 0.429. The summed E-state index contributed by atoms with van der Waals surface area (Å²) in [5.74, 6) is 1.58. The van der Waals surface area contributed by atoms with Gasteiger partial charge in [-0.1, -0.05) is 0 Å². The van der Waals surface area contributed by atoms with Gasteiger partial charge in [-0.2, -0.15) is 0 Å². The zero-order valence-corrected chi connectivity index (χ0v) is 12.0. The summed E-state index contributed by atoms with van der Waals surface area (Å²) in [5, 5.41) is 1.14. The first-order chi connectivity index (χ1) is 8.72. The summed E-state index contributed by atoms with van der Waals surface area (Å²) in [6.45, 7) is 4.15. The van der Waals surface area contributed by atoms with Crippen molar-refractivity contribution in [3.8, 4) is 11.6 Å². The van der Waals surface area contributed by atoms with Gasteiger partial charge in [0.15, 0.2) is 0 Å². The van der Waals surface area contributed by atoms with Crippen LogP contribution in [0.4, 0.5) is 0 Å². The Labute approximate surface area is 112 Å². The number of hydrogen-bond acceptors (Lipinski definition) is 2. The molecule has 2 aromatic heterocycles. The molecule has 0 aliphatic rings. The molecule has 1 aromatic carbocycles. The quantitative estimate of drug-likeness (QED) is 0.673. The molecule has 0 unspecified atom stereocenters. The van der Waals surface area contributed by atoms with Crippen molar-refractivity contribution in [2.45, 2.75) is 13.8 Å². The summed E-state index contributed by atoms with van der Waals surface area (Å²) in [6.07, 6.45) is 1.82. The molecule has 2 nitrogen and oxygen atoms in total. The number of ether oxygens (including phenoxy) is 1. The number of aryl methyl sites for hydroxylation is 2. The molecular weight excluding hydrogens is 289 g/mol. The standard InChI is InChI=1S/C15H13NOSe/c1-10-7-11(2)9-12(8-10)17-15-13-4-6-18-14(13)3-5-16-15/h3-9H,1-2H3. The zero-order valence-electron chi connectivity index (χ0n) is 10.3. The topological polar surface area (TPSA) is 22.1 Å². The molecule has 0 atom stereocenters. The van der Waals surface area contributed by atoms with Crippen LogP contribution in [0.2, 0.25) is 0 Å². The molecule has 90 valence electrons. The van der Waals surface area contributed by atoms with Gasteiger partial charge >= 0.3 is 112 Å². The van der Waals surface area contributed by atoms with E-state index in [1.165, 1.54) is 15.4 Å². The number of pyridine rings is 1. The van der Waals surface area contributed by atoms with E-state index in [9.17, 15) is 0 Å². The van der Waals surface area contributed by atoms with Crippen molar-refractivity contribution in [2.75, 3.05) is 0 Å². The van der Waals surface area contributed by atoms with Crippen LogP contribution < -0.4 is 4.74 Å². The van der Waals surface area contributed by atoms with Crippen LogP contribution in [0, 0.1) is 13.8 Å². The molecule has 0 aliphatic carbocycles. The van der Waals surface area contributed by atoms with E-state index in [0.29, 0.717) is 20.4 Å². The second kappa shape index (κ2) is 4.60. The van der Waals surface area contributed by atoms with Crippen molar-refractivity contribution in [1.29, 1.82) is 0 Å². The Morgan fingerprint density at radius 3 is 2.61 bits per heavy atom. The van der Waals surface area contributed by atoms with Gasteiger partial charge in [0.05, 0.1) is 0 Å². The third-order valence-corrected chi connectivity index (χ3v) is 4.60. The zero-order chi connectivity index (χ0) is 12.5. The van der Waals surface area contributed by atoms with Crippen molar-refractivity contribution in [2.24, 2.45) is 0 Å². The van der Waals surface area contributed by atoms with Gasteiger partial charge in [0.25, 0.3) is 0 Å². The summed E-state index contributed by atoms with van der Waals surface area (Å²) in [6, 6.07) is 10.4. The maximum atomic E-state index is 5.93. The molecule has 0 spiro atoms. The van der Waals surface area contributed by atoms with Crippen LogP contribution in [-0.2, 0) is 0 Å². The molecule has 0 saturated heterocycles. The molecule has 0 bridgehead atoms. The van der Waals surface area contributed by atoms with E-state index >= 15 is 0 Å². The third kappa shape index (κ3) is 2.20. The molecule has 0 amide bonds. The molecule has 3 rings (SSSR count). The Hall–Kier alpha value is -1.57. The fraction of sp³-hybridized carbons (Fsp3) is 0.133. The van der Waals surface area contributed by atoms with Crippen LogP contribution in [0.25, 0.3) is 9.65 Å². The Kier molecular flexibility index (Phi) is 2.94. The van der Waals surface area contributed by atoms with E-state index in [0.717, 1.165) is 11.1 Å². The van der Waals surface area contributed by atoms with Gasteiger partial charge in [-0.15, -0.1) is 0 Å². The van der Waals surface area contributed by atoms with Gasteiger partial charge in [-0.3, -0.25) is 0 Å². The van der Waals surface area contributed by atoms with Gasteiger partial charge in [-0.25, -0.2) is 0 Å². The predicted molar refractivity (Wildman–Crippen MR) is 74.7 cm³/mol. The monoisotopic (exact) mass is 303 g/mol. The number of rotatable bonds is 2. The summed E-state index contributed by atoms with van der Waals surface area (Å²) < 4.78 is 7.27. The number of fused-ring (bicyclic) bond motifs is 1. The molecule has 3 aromatic rings. The average Bonchev–Trinajstić information content (AvgIpc) is 2.76. The number of nitrogens with zero attached hydrogens (tertiary/aromatic N) is 1. The van der Waals surface area contributed by atoms with Crippen LogP contribution in [0.3, 0.4) is 0 Å². The number of benzene rings is 1. The molecule has 0 radical (unpaired) electrons. The second-order valence-electron chi connectivity index (χ2n) is 4.37. The van der Waals surface area contributed by atoms with E-state index < -0.39 is 0 Å². The van der Waals surface area contributed by atoms with Crippen LogP contribution >= 0.6 is 0 Å². The molecule has 0 aliphatic heterocycles. The molecule has 0 N–H and O–H groups in total. The van der Waals surface area contributed by atoms with E-state index in [4.69, 9.17) is 4.74 Å². The van der Waals surface area contributed by atoms with E-state index in [1.807, 2.05) is 18.3 Å². The van der Waals surface area contributed by atoms with Gasteiger partial charge in [0.2, 0.25) is 0 Å². The first-order valence-electron chi connectivity index (χ1n) is 5.81. The molecular formula is C15H13NOSe. The fourth-order valence-corrected chi connectivity index (χ4v) is 3.67. The first kappa shape index (κ1) is 11.5. The Morgan fingerprint density at radius 1 is 1.06 bits per heavy atom. The maximum absolute atomic E-state index is 5.93. The van der Waals surface area contributed by atoms with Crippen molar-refractivity contribution < 1.29 is 4.74 Å². The second-order valence-corrected chi connectivity index (χ2v) is 6.36. The molecule has 0 saturated carbocycles. The first-order valence-corrected chi connectivity index (χ1v) is 7.65. The molecule has 0 fully saturated rings.